The number of anilines is 2. The number of aryl methyl sites for hydroxylation is 1. The van der Waals surface area contributed by atoms with Crippen LogP contribution in [0, 0.1) is 11.6 Å². The number of hydrogen-bond acceptors (Lipinski definition) is 10. The fourth-order valence-electron chi connectivity index (χ4n) is 5.74. The molecule has 1 aliphatic heterocycles. The van der Waals surface area contributed by atoms with Gasteiger partial charge >= 0.3 is 17.7 Å². The molecule has 20 heteroatoms. The summed E-state index contributed by atoms with van der Waals surface area (Å²) >= 11 is 0. The van der Waals surface area contributed by atoms with Crippen molar-refractivity contribution in [1.29, 1.82) is 0 Å². The summed E-state index contributed by atoms with van der Waals surface area (Å²) in [5, 5.41) is 12.1. The van der Waals surface area contributed by atoms with E-state index in [-0.39, 0.29) is 22.5 Å². The number of halogens is 2. The Morgan fingerprint density at radius 2 is 1.64 bits per heavy atom. The molecule has 1 saturated heterocycles. The zero-order valence-electron chi connectivity index (χ0n) is 29.3. The van der Waals surface area contributed by atoms with Crippen molar-refractivity contribution in [2.24, 2.45) is 7.05 Å². The lowest BCUT2D eigenvalue weighted by molar-refractivity contribution is -0.139. The monoisotopic (exact) mass is 776 g/mol. The van der Waals surface area contributed by atoms with Crippen molar-refractivity contribution in [3.8, 4) is 5.82 Å². The third kappa shape index (κ3) is 6.78. The van der Waals surface area contributed by atoms with Crippen LogP contribution in [0.1, 0.15) is 29.8 Å². The minimum absolute atomic E-state index is 0.0681. The summed E-state index contributed by atoms with van der Waals surface area (Å²) in [6.45, 7) is 3.09. The van der Waals surface area contributed by atoms with Crippen LogP contribution in [-0.4, -0.2) is 80.0 Å². The standard InChI is InChI=1S/C35H30F2N8O9S/c1-35(2)32(50)44(34(52)43(35)4)19-6-8-20(9-7-19)55(53,54)41-25-15-23(36)22(14-24(25)37)29(46)40-26(31(48)49)13-18-5-10-28(39-16-18)45-30(47)21-11-12-38-17-27(21)42(3)33(45)51/h5-12,14-17,26,41H,13H2,1-4H3,(H,40,46)(H,48,49)/t26-/m0/s1. The molecule has 3 N–H and O–H groups in total. The van der Waals surface area contributed by atoms with Gasteiger partial charge in [-0.1, -0.05) is 6.07 Å². The number of aliphatic carboxylic acids is 1. The molecule has 284 valence electrons. The Balaban J connectivity index is 1.16. The van der Waals surface area contributed by atoms with Crippen molar-refractivity contribution in [3.05, 3.63) is 117 Å². The number of urea groups is 1. The van der Waals surface area contributed by atoms with Crippen LogP contribution in [0.5, 0.6) is 0 Å². The normalized spacial score (nSPS) is 14.7. The molecular formula is C35H30F2N8O9S. The van der Waals surface area contributed by atoms with Crippen LogP contribution in [-0.2, 0) is 33.1 Å². The second-order valence-corrected chi connectivity index (χ2v) is 14.6. The molecule has 0 unspecified atom stereocenters. The molecule has 5 aromatic rings. The van der Waals surface area contributed by atoms with Crippen LogP contribution in [0.2, 0.25) is 0 Å². The summed E-state index contributed by atoms with van der Waals surface area (Å²) < 4.78 is 60.4. The molecule has 17 nitrogen and oxygen atoms in total. The van der Waals surface area contributed by atoms with E-state index in [1.54, 1.807) is 13.8 Å². The maximum absolute atomic E-state index is 15.2. The molecule has 6 rings (SSSR count). The summed E-state index contributed by atoms with van der Waals surface area (Å²) in [6.07, 6.45) is 3.53. The molecule has 0 radical (unpaired) electrons. The van der Waals surface area contributed by atoms with Gasteiger partial charge in [0.1, 0.15) is 29.0 Å². The van der Waals surface area contributed by atoms with Crippen LogP contribution >= 0.6 is 0 Å². The summed E-state index contributed by atoms with van der Waals surface area (Å²) in [6, 6.07) is 7.07. The molecule has 1 aliphatic rings. The first-order valence-electron chi connectivity index (χ1n) is 16.1. The Morgan fingerprint density at radius 1 is 0.945 bits per heavy atom. The van der Waals surface area contributed by atoms with Gasteiger partial charge in [0.15, 0.2) is 0 Å². The van der Waals surface area contributed by atoms with Crippen molar-refractivity contribution in [2.45, 2.75) is 36.7 Å². The van der Waals surface area contributed by atoms with E-state index in [1.807, 2.05) is 4.72 Å². The van der Waals surface area contributed by atoms with E-state index in [9.17, 15) is 42.3 Å². The number of carboxylic acids is 1. The maximum atomic E-state index is 15.2. The Morgan fingerprint density at radius 3 is 2.24 bits per heavy atom. The number of benzene rings is 2. The Labute approximate surface area is 309 Å². The third-order valence-electron chi connectivity index (χ3n) is 9.15. The number of nitrogens with zero attached hydrogens (tertiary/aromatic N) is 6. The molecule has 4 amide bonds. The van der Waals surface area contributed by atoms with Crippen molar-refractivity contribution in [1.82, 2.24) is 29.3 Å². The van der Waals surface area contributed by atoms with Gasteiger partial charge in [-0.15, -0.1) is 0 Å². The number of rotatable bonds is 10. The van der Waals surface area contributed by atoms with Crippen LogP contribution < -0.4 is 26.2 Å². The molecule has 4 heterocycles. The lowest BCUT2D eigenvalue weighted by Crippen LogP contribution is -2.42. The average Bonchev–Trinajstić information content (AvgIpc) is 3.30. The number of hydrogen-bond donors (Lipinski definition) is 3. The topological polar surface area (TPSA) is 223 Å². The first kappa shape index (κ1) is 37.9. The minimum Gasteiger partial charge on any atom is -0.480 e. The first-order valence-corrected chi connectivity index (χ1v) is 17.6. The predicted octanol–water partition coefficient (Wildman–Crippen LogP) is 2.16. The van der Waals surface area contributed by atoms with Crippen molar-refractivity contribution >= 4 is 56.1 Å². The highest BCUT2D eigenvalue weighted by Gasteiger charge is 2.50. The van der Waals surface area contributed by atoms with Crippen LogP contribution in [0.3, 0.4) is 0 Å². The summed E-state index contributed by atoms with van der Waals surface area (Å²) in [5.74, 6) is -6.25. The molecule has 1 atom stereocenters. The number of fused-ring (bicyclic) bond motifs is 1. The quantitative estimate of drug-likeness (QED) is 0.174. The number of sulfonamides is 1. The van der Waals surface area contributed by atoms with E-state index in [4.69, 9.17) is 0 Å². The number of nitrogens with one attached hydrogen (secondary N) is 2. The number of carbonyl (C=O) groups is 4. The predicted molar refractivity (Wildman–Crippen MR) is 191 cm³/mol. The molecule has 2 aromatic carbocycles. The van der Waals surface area contributed by atoms with E-state index in [0.29, 0.717) is 17.6 Å². The minimum atomic E-state index is -4.57. The molecule has 0 saturated carbocycles. The highest BCUT2D eigenvalue weighted by Crippen LogP contribution is 2.31. The van der Waals surface area contributed by atoms with E-state index in [2.05, 4.69) is 15.3 Å². The second-order valence-electron chi connectivity index (χ2n) is 12.9. The van der Waals surface area contributed by atoms with Gasteiger partial charge in [0.25, 0.3) is 27.4 Å². The zero-order chi connectivity index (χ0) is 40.1. The largest absolute Gasteiger partial charge is 0.480 e. The van der Waals surface area contributed by atoms with Gasteiger partial charge in [0.05, 0.1) is 38.9 Å². The average molecular weight is 777 g/mol. The summed E-state index contributed by atoms with van der Waals surface area (Å²) in [7, 11) is -1.68. The Kier molecular flexibility index (Phi) is 9.55. The van der Waals surface area contributed by atoms with E-state index < -0.39 is 90.9 Å². The molecule has 55 heavy (non-hydrogen) atoms. The molecular weight excluding hydrogens is 746 g/mol. The number of imide groups is 1. The van der Waals surface area contributed by atoms with E-state index >= 15 is 8.78 Å². The van der Waals surface area contributed by atoms with Gasteiger partial charge in [-0.3, -0.25) is 28.7 Å². The molecule has 1 fully saturated rings. The van der Waals surface area contributed by atoms with Gasteiger partial charge in [-0.2, -0.15) is 0 Å². The highest BCUT2D eigenvalue weighted by atomic mass is 32.2. The Hall–Kier alpha value is -6.83. The number of carboxylic acid groups (broad SMARTS) is 1. The zero-order valence-corrected chi connectivity index (χ0v) is 30.1. The second kappa shape index (κ2) is 13.9. The van der Waals surface area contributed by atoms with Crippen molar-refractivity contribution in [3.63, 3.8) is 0 Å². The van der Waals surface area contributed by atoms with Gasteiger partial charge < -0.3 is 15.3 Å². The van der Waals surface area contributed by atoms with Crippen molar-refractivity contribution in [2.75, 3.05) is 16.7 Å². The molecule has 0 bridgehead atoms. The molecule has 0 spiro atoms. The first-order chi connectivity index (χ1) is 25.8. The Bertz CT molecular complexity index is 2660. The molecule has 3 aromatic heterocycles. The highest BCUT2D eigenvalue weighted by molar-refractivity contribution is 7.92. The lowest BCUT2D eigenvalue weighted by Gasteiger charge is -2.22. The van der Waals surface area contributed by atoms with Crippen LogP contribution in [0.4, 0.5) is 25.0 Å². The molecule has 0 aliphatic carbocycles. The fraction of sp³-hybridized carbons (Fsp3) is 0.200. The van der Waals surface area contributed by atoms with E-state index in [0.717, 1.165) is 21.6 Å². The summed E-state index contributed by atoms with van der Waals surface area (Å²) in [4.78, 5) is 86.2. The SMILES string of the molecule is CN1C(=O)N(c2ccc(S(=O)(=O)Nc3cc(F)c(C(=O)N[C@@H](Cc4ccc(-n5c(=O)c6ccncc6n(C)c5=O)nc4)C(=O)O)cc3F)cc2)C(=O)C1(C)C. The maximum Gasteiger partial charge on any atom is 0.337 e. The van der Waals surface area contributed by atoms with Crippen LogP contribution in [0.15, 0.2) is 87.7 Å². The fourth-order valence-corrected chi connectivity index (χ4v) is 6.79. The number of aromatic nitrogens is 4. The van der Waals surface area contributed by atoms with Gasteiger partial charge in [-0.05, 0) is 61.9 Å². The third-order valence-corrected chi connectivity index (χ3v) is 10.5. The number of amides is 4. The van der Waals surface area contributed by atoms with E-state index in [1.165, 1.54) is 72.5 Å². The summed E-state index contributed by atoms with van der Waals surface area (Å²) in [5.41, 5.74) is -3.71. The van der Waals surface area contributed by atoms with Gasteiger partial charge in [0, 0.05) is 39.0 Å². The number of carbonyl (C=O) groups excluding carboxylic acids is 3. The van der Waals surface area contributed by atoms with Gasteiger partial charge in [-0.25, -0.2) is 46.0 Å². The number of pyridine rings is 2. The van der Waals surface area contributed by atoms with Crippen molar-refractivity contribution < 1.29 is 41.5 Å². The smallest absolute Gasteiger partial charge is 0.337 e. The van der Waals surface area contributed by atoms with Gasteiger partial charge in [0.2, 0.25) is 0 Å². The number of likely N-dealkylation sites (N-methyl/N-ethyl adjacent to an activating group) is 1. The van der Waals surface area contributed by atoms with Crippen LogP contribution in [0.25, 0.3) is 16.7 Å². The lowest BCUT2D eigenvalue weighted by atomic mass is 10.1.